The molecule has 4 rings (SSSR count). The molecule has 0 bridgehead atoms. The number of nitrogens with one attached hydrogen (secondary N) is 1. The van der Waals surface area contributed by atoms with Crippen LogP contribution in [0, 0.1) is 10.1 Å². The molecule has 1 N–H and O–H groups in total. The molecule has 0 saturated heterocycles. The maximum Gasteiger partial charge on any atom is 0.269 e. The van der Waals surface area contributed by atoms with Gasteiger partial charge in [-0.25, -0.2) is 4.68 Å². The van der Waals surface area contributed by atoms with Gasteiger partial charge in [0.25, 0.3) is 5.69 Å². The minimum atomic E-state index is -0.451. The summed E-state index contributed by atoms with van der Waals surface area (Å²) in [5, 5.41) is 25.4. The lowest BCUT2D eigenvalue weighted by atomic mass is 10.2. The van der Waals surface area contributed by atoms with Crippen LogP contribution >= 0.6 is 11.8 Å². The fraction of sp³-hybridized carbons (Fsp3) is 0.222. The molecule has 0 radical (unpaired) electrons. The number of hydrogen-bond donors (Lipinski definition) is 1. The molecule has 142 valence electrons. The minimum absolute atomic E-state index is 0.0270. The fourth-order valence-corrected chi connectivity index (χ4v) is 3.39. The molecule has 0 unspecified atom stereocenters. The van der Waals surface area contributed by atoms with E-state index in [2.05, 4.69) is 20.8 Å². The van der Waals surface area contributed by atoms with Gasteiger partial charge >= 0.3 is 0 Å². The first-order valence-electron chi connectivity index (χ1n) is 8.65. The lowest BCUT2D eigenvalue weighted by Gasteiger charge is -2.08. The molecular weight excluding hydrogens is 380 g/mol. The summed E-state index contributed by atoms with van der Waals surface area (Å²) < 4.78 is 1.82. The molecule has 28 heavy (non-hydrogen) atoms. The van der Waals surface area contributed by atoms with Crippen LogP contribution < -0.4 is 5.32 Å². The summed E-state index contributed by atoms with van der Waals surface area (Å²) in [5.41, 5.74) is 1.54. The Morgan fingerprint density at radius 3 is 2.75 bits per heavy atom. The Hall–Kier alpha value is -3.27. The van der Waals surface area contributed by atoms with E-state index in [0.29, 0.717) is 17.6 Å². The van der Waals surface area contributed by atoms with E-state index in [1.54, 1.807) is 12.1 Å². The van der Waals surface area contributed by atoms with E-state index in [-0.39, 0.29) is 17.3 Å². The number of nitro benzene ring substituents is 1. The Morgan fingerprint density at radius 1 is 1.25 bits per heavy atom. The van der Waals surface area contributed by atoms with Gasteiger partial charge in [-0.3, -0.25) is 14.9 Å². The fourth-order valence-electron chi connectivity index (χ4n) is 2.69. The summed E-state index contributed by atoms with van der Waals surface area (Å²) in [6, 6.07) is 13.9. The third-order valence-corrected chi connectivity index (χ3v) is 5.22. The van der Waals surface area contributed by atoms with Crippen LogP contribution in [0.3, 0.4) is 0 Å². The second kappa shape index (κ2) is 7.77. The molecule has 1 aromatic heterocycles. The van der Waals surface area contributed by atoms with Crippen LogP contribution in [0.2, 0.25) is 0 Å². The summed E-state index contributed by atoms with van der Waals surface area (Å²) in [5.74, 6) is 0.725. The van der Waals surface area contributed by atoms with Crippen molar-refractivity contribution < 1.29 is 9.72 Å². The van der Waals surface area contributed by atoms with Gasteiger partial charge in [-0.2, -0.15) is 0 Å². The molecule has 0 atom stereocenters. The molecule has 1 fully saturated rings. The van der Waals surface area contributed by atoms with Crippen LogP contribution in [0.5, 0.6) is 0 Å². The Morgan fingerprint density at radius 2 is 2.04 bits per heavy atom. The van der Waals surface area contributed by atoms with Gasteiger partial charge in [0.05, 0.1) is 16.7 Å². The molecule has 0 aliphatic heterocycles. The van der Waals surface area contributed by atoms with E-state index in [9.17, 15) is 14.9 Å². The van der Waals surface area contributed by atoms with Crippen molar-refractivity contribution in [2.45, 2.75) is 23.8 Å². The predicted molar refractivity (Wildman–Crippen MR) is 104 cm³/mol. The summed E-state index contributed by atoms with van der Waals surface area (Å²) >= 11 is 1.31. The number of carbonyl (C=O) groups excluding carboxylic acids is 1. The van der Waals surface area contributed by atoms with Gasteiger partial charge in [-0.1, -0.05) is 12.1 Å². The van der Waals surface area contributed by atoms with Crippen LogP contribution in [0.4, 0.5) is 11.4 Å². The molecule has 3 aromatic rings. The van der Waals surface area contributed by atoms with Crippen LogP contribution in [-0.2, 0) is 4.79 Å². The zero-order chi connectivity index (χ0) is 19.5. The zero-order valence-electron chi connectivity index (χ0n) is 14.7. The van der Waals surface area contributed by atoms with Crippen molar-refractivity contribution in [3.8, 4) is 11.4 Å². The second-order valence-electron chi connectivity index (χ2n) is 6.35. The molecule has 1 heterocycles. The highest BCUT2D eigenvalue weighted by atomic mass is 32.2. The van der Waals surface area contributed by atoms with Crippen LogP contribution in [0.1, 0.15) is 18.9 Å². The number of carbonyl (C=O) groups is 1. The van der Waals surface area contributed by atoms with Crippen molar-refractivity contribution in [3.05, 3.63) is 58.6 Å². The van der Waals surface area contributed by atoms with E-state index < -0.39 is 4.92 Å². The highest BCUT2D eigenvalue weighted by Gasteiger charge is 2.28. The standard InChI is InChI=1S/C18H16N6O3S/c25-17(11-28-16-8-6-15(7-9-16)24(26)27)19-13-3-1-2-12(10-13)18-20-21-22-23(18)14-4-5-14/h1-3,6-10,14H,4-5,11H2,(H,19,25). The maximum absolute atomic E-state index is 12.3. The van der Waals surface area contributed by atoms with Gasteiger partial charge in [0, 0.05) is 28.3 Å². The van der Waals surface area contributed by atoms with Gasteiger partial charge in [-0.15, -0.1) is 16.9 Å². The number of aromatic nitrogens is 4. The highest BCUT2D eigenvalue weighted by Crippen LogP contribution is 2.36. The van der Waals surface area contributed by atoms with Crippen molar-refractivity contribution in [2.24, 2.45) is 0 Å². The van der Waals surface area contributed by atoms with E-state index in [0.717, 1.165) is 23.3 Å². The molecule has 1 saturated carbocycles. The number of benzene rings is 2. The summed E-state index contributed by atoms with van der Waals surface area (Å²) in [6.07, 6.45) is 2.16. The summed E-state index contributed by atoms with van der Waals surface area (Å²) in [7, 11) is 0. The van der Waals surface area contributed by atoms with Gasteiger partial charge in [0.2, 0.25) is 5.91 Å². The number of nitro groups is 1. The predicted octanol–water partition coefficient (Wildman–Crippen LogP) is 3.31. The first-order chi connectivity index (χ1) is 13.6. The molecule has 9 nitrogen and oxygen atoms in total. The van der Waals surface area contributed by atoms with Crippen LogP contribution in [0.25, 0.3) is 11.4 Å². The molecule has 1 amide bonds. The number of nitrogens with zero attached hydrogens (tertiary/aromatic N) is 5. The van der Waals surface area contributed by atoms with Crippen molar-refractivity contribution in [1.82, 2.24) is 20.2 Å². The Kier molecular flexibility index (Phi) is 5.02. The molecule has 0 spiro atoms. The zero-order valence-corrected chi connectivity index (χ0v) is 15.5. The molecule has 10 heteroatoms. The van der Waals surface area contributed by atoms with Crippen LogP contribution in [-0.4, -0.2) is 36.8 Å². The van der Waals surface area contributed by atoms with E-state index in [1.165, 1.54) is 23.9 Å². The first kappa shape index (κ1) is 18.1. The highest BCUT2D eigenvalue weighted by molar-refractivity contribution is 8.00. The average molecular weight is 396 g/mol. The summed E-state index contributed by atoms with van der Waals surface area (Å²) in [4.78, 5) is 23.3. The first-order valence-corrected chi connectivity index (χ1v) is 9.64. The number of thioether (sulfide) groups is 1. The molecule has 1 aliphatic rings. The Labute approximate surface area is 164 Å². The molecular formula is C18H16N6O3S. The quantitative estimate of drug-likeness (QED) is 0.370. The third kappa shape index (κ3) is 4.17. The van der Waals surface area contributed by atoms with Crippen molar-refractivity contribution in [2.75, 3.05) is 11.1 Å². The summed E-state index contributed by atoms with van der Waals surface area (Å²) in [6.45, 7) is 0. The van der Waals surface area contributed by atoms with Gasteiger partial charge in [0.15, 0.2) is 5.82 Å². The lowest BCUT2D eigenvalue weighted by Crippen LogP contribution is -2.14. The average Bonchev–Trinajstić information content (AvgIpc) is 3.43. The van der Waals surface area contributed by atoms with Crippen molar-refractivity contribution in [1.29, 1.82) is 0 Å². The van der Waals surface area contributed by atoms with Gasteiger partial charge in [-0.05, 0) is 47.5 Å². The largest absolute Gasteiger partial charge is 0.325 e. The third-order valence-electron chi connectivity index (χ3n) is 4.21. The van der Waals surface area contributed by atoms with E-state index >= 15 is 0 Å². The number of hydrogen-bond acceptors (Lipinski definition) is 7. The molecule has 1 aliphatic carbocycles. The Balaban J connectivity index is 1.38. The van der Waals surface area contributed by atoms with Gasteiger partial charge < -0.3 is 5.32 Å². The maximum atomic E-state index is 12.3. The molecule has 2 aromatic carbocycles. The van der Waals surface area contributed by atoms with Crippen molar-refractivity contribution >= 4 is 29.0 Å². The number of anilines is 1. The number of non-ortho nitro benzene ring substituents is 1. The second-order valence-corrected chi connectivity index (χ2v) is 7.40. The topological polar surface area (TPSA) is 116 Å². The normalized spacial score (nSPS) is 13.3. The number of rotatable bonds is 7. The monoisotopic (exact) mass is 396 g/mol. The van der Waals surface area contributed by atoms with Crippen LogP contribution in [0.15, 0.2) is 53.4 Å². The van der Waals surface area contributed by atoms with E-state index in [1.807, 2.05) is 28.9 Å². The SMILES string of the molecule is O=C(CSc1ccc([N+](=O)[O-])cc1)Nc1cccc(-c2nnnn2C2CC2)c1. The Bertz CT molecular complexity index is 1020. The smallest absolute Gasteiger partial charge is 0.269 e. The van der Waals surface area contributed by atoms with Crippen molar-refractivity contribution in [3.63, 3.8) is 0 Å². The number of amides is 1. The minimum Gasteiger partial charge on any atom is -0.325 e. The number of tetrazole rings is 1. The lowest BCUT2D eigenvalue weighted by molar-refractivity contribution is -0.384. The van der Waals surface area contributed by atoms with E-state index in [4.69, 9.17) is 0 Å². The van der Waals surface area contributed by atoms with Gasteiger partial charge in [0.1, 0.15) is 0 Å².